The molecule has 0 aliphatic carbocycles. The number of rotatable bonds is 6. The number of furan rings is 1. The van der Waals surface area contributed by atoms with E-state index in [2.05, 4.69) is 26.5 Å². The third kappa shape index (κ3) is 3.96. The highest BCUT2D eigenvalue weighted by atomic mass is 32.1. The highest BCUT2D eigenvalue weighted by Gasteiger charge is 2.28. The molecule has 8 heteroatoms. The smallest absolute Gasteiger partial charge is 0.266 e. The van der Waals surface area contributed by atoms with Gasteiger partial charge in [-0.05, 0) is 57.5 Å². The van der Waals surface area contributed by atoms with Gasteiger partial charge in [0.25, 0.3) is 5.91 Å². The normalized spacial score (nSPS) is 17.7. The van der Waals surface area contributed by atoms with Crippen LogP contribution in [0.25, 0.3) is 0 Å². The largest absolute Gasteiger partial charge is 0.468 e. The first-order valence-electron chi connectivity index (χ1n) is 9.19. The maximum atomic E-state index is 12.6. The van der Waals surface area contributed by atoms with Crippen LogP contribution in [0.4, 0.5) is 5.82 Å². The molecule has 27 heavy (non-hydrogen) atoms. The zero-order chi connectivity index (χ0) is 18.8. The first-order valence-corrected chi connectivity index (χ1v) is 10.0. The van der Waals surface area contributed by atoms with Crippen molar-refractivity contribution in [2.75, 3.05) is 11.9 Å². The van der Waals surface area contributed by atoms with Crippen molar-refractivity contribution in [1.82, 2.24) is 19.9 Å². The zero-order valence-electron chi connectivity index (χ0n) is 15.5. The van der Waals surface area contributed by atoms with Crippen LogP contribution >= 0.6 is 11.3 Å². The molecule has 7 nitrogen and oxygen atoms in total. The molecule has 3 aromatic rings. The average Bonchev–Trinajstić information content (AvgIpc) is 3.43. The van der Waals surface area contributed by atoms with Crippen molar-refractivity contribution in [3.63, 3.8) is 0 Å². The van der Waals surface area contributed by atoms with E-state index in [0.29, 0.717) is 16.7 Å². The average molecular weight is 385 g/mol. The fraction of sp³-hybridized carbons (Fsp3) is 0.421. The molecule has 142 valence electrons. The van der Waals surface area contributed by atoms with Gasteiger partial charge < -0.3 is 9.73 Å². The van der Waals surface area contributed by atoms with Gasteiger partial charge >= 0.3 is 0 Å². The van der Waals surface area contributed by atoms with Gasteiger partial charge in [-0.1, -0.05) is 0 Å². The summed E-state index contributed by atoms with van der Waals surface area (Å²) in [6, 6.07) is 8.38. The second kappa shape index (κ2) is 7.66. The quantitative estimate of drug-likeness (QED) is 0.691. The van der Waals surface area contributed by atoms with Gasteiger partial charge in [0.2, 0.25) is 0 Å². The Labute approximate surface area is 162 Å². The first-order chi connectivity index (χ1) is 13.1. The van der Waals surface area contributed by atoms with Crippen LogP contribution < -0.4 is 5.32 Å². The number of carbonyl (C=O) groups excluding carboxylic acids is 1. The summed E-state index contributed by atoms with van der Waals surface area (Å²) in [4.78, 5) is 18.5. The second-order valence-corrected chi connectivity index (χ2v) is 8.12. The molecular weight excluding hydrogens is 362 g/mol. The monoisotopic (exact) mass is 385 g/mol. The number of carbonyl (C=O) groups is 1. The minimum absolute atomic E-state index is 0.141. The molecule has 0 bridgehead atoms. The highest BCUT2D eigenvalue weighted by Crippen LogP contribution is 2.37. The lowest BCUT2D eigenvalue weighted by Crippen LogP contribution is -2.21. The summed E-state index contributed by atoms with van der Waals surface area (Å²) in [7, 11) is 0. The SMILES string of the molecule is CC(C)n1ncc(NC(=O)c2ccc([C@@H]3CCCN3Cc3ccco3)s2)n1. The van der Waals surface area contributed by atoms with Crippen LogP contribution in [0.5, 0.6) is 0 Å². The van der Waals surface area contributed by atoms with Crippen LogP contribution in [0.2, 0.25) is 0 Å². The molecular formula is C19H23N5O2S. The summed E-state index contributed by atoms with van der Waals surface area (Å²) in [5.41, 5.74) is 0. The molecule has 0 saturated carbocycles. The van der Waals surface area contributed by atoms with Gasteiger partial charge in [-0.2, -0.15) is 9.90 Å². The van der Waals surface area contributed by atoms with E-state index >= 15 is 0 Å². The molecule has 1 aliphatic rings. The van der Waals surface area contributed by atoms with Crippen molar-refractivity contribution in [3.05, 3.63) is 52.2 Å². The number of thiophene rings is 1. The van der Waals surface area contributed by atoms with Gasteiger partial charge in [0.1, 0.15) is 5.76 Å². The lowest BCUT2D eigenvalue weighted by molar-refractivity contribution is 0.103. The standard InChI is InChI=1S/C19H23N5O2S/c1-13(2)24-20-11-18(22-24)21-19(25)17-8-7-16(27-17)15-6-3-9-23(15)12-14-5-4-10-26-14/h4-5,7-8,10-11,13,15H,3,6,9,12H2,1-2H3,(H,21,22,25)/t15-/m0/s1. The lowest BCUT2D eigenvalue weighted by atomic mass is 10.2. The summed E-state index contributed by atoms with van der Waals surface area (Å²) < 4.78 is 5.49. The minimum Gasteiger partial charge on any atom is -0.468 e. The number of likely N-dealkylation sites (tertiary alicyclic amines) is 1. The molecule has 0 spiro atoms. The van der Waals surface area contributed by atoms with Crippen molar-refractivity contribution >= 4 is 23.1 Å². The van der Waals surface area contributed by atoms with E-state index in [0.717, 1.165) is 31.7 Å². The molecule has 1 fully saturated rings. The van der Waals surface area contributed by atoms with E-state index in [1.807, 2.05) is 32.0 Å². The fourth-order valence-electron chi connectivity index (χ4n) is 3.35. The topological polar surface area (TPSA) is 76.2 Å². The number of hydrogen-bond donors (Lipinski definition) is 1. The molecule has 3 aromatic heterocycles. The van der Waals surface area contributed by atoms with Gasteiger partial charge in [0.15, 0.2) is 5.82 Å². The maximum Gasteiger partial charge on any atom is 0.266 e. The number of anilines is 1. The summed E-state index contributed by atoms with van der Waals surface area (Å²) in [5.74, 6) is 1.31. The van der Waals surface area contributed by atoms with E-state index in [-0.39, 0.29) is 11.9 Å². The van der Waals surface area contributed by atoms with E-state index < -0.39 is 0 Å². The Bertz CT molecular complexity index is 899. The third-order valence-electron chi connectivity index (χ3n) is 4.69. The highest BCUT2D eigenvalue weighted by molar-refractivity contribution is 7.14. The molecule has 1 N–H and O–H groups in total. The van der Waals surface area contributed by atoms with Gasteiger partial charge in [0, 0.05) is 10.9 Å². The van der Waals surface area contributed by atoms with E-state index in [1.54, 1.807) is 28.6 Å². The summed E-state index contributed by atoms with van der Waals surface area (Å²) in [6.07, 6.45) is 5.55. The van der Waals surface area contributed by atoms with E-state index in [9.17, 15) is 4.79 Å². The minimum atomic E-state index is -0.141. The predicted molar refractivity (Wildman–Crippen MR) is 104 cm³/mol. The number of nitrogens with zero attached hydrogens (tertiary/aromatic N) is 4. The molecule has 1 amide bonds. The zero-order valence-corrected chi connectivity index (χ0v) is 16.3. The van der Waals surface area contributed by atoms with Crippen LogP contribution in [-0.2, 0) is 6.54 Å². The molecule has 0 unspecified atom stereocenters. The van der Waals surface area contributed by atoms with E-state index in [1.165, 1.54) is 4.88 Å². The van der Waals surface area contributed by atoms with Crippen molar-refractivity contribution in [2.45, 2.75) is 45.3 Å². The predicted octanol–water partition coefficient (Wildman–Crippen LogP) is 4.10. The number of aromatic nitrogens is 3. The summed E-state index contributed by atoms with van der Waals surface area (Å²) >= 11 is 1.55. The van der Waals surface area contributed by atoms with Crippen LogP contribution in [-0.4, -0.2) is 32.3 Å². The fourth-order valence-corrected chi connectivity index (χ4v) is 4.43. The first kappa shape index (κ1) is 17.9. The Morgan fingerprint density at radius 3 is 3.04 bits per heavy atom. The third-order valence-corrected chi connectivity index (χ3v) is 5.88. The molecule has 4 heterocycles. The summed E-state index contributed by atoms with van der Waals surface area (Å²) in [6.45, 7) is 5.83. The van der Waals surface area contributed by atoms with Crippen LogP contribution in [0, 0.1) is 0 Å². The summed E-state index contributed by atoms with van der Waals surface area (Å²) in [5, 5.41) is 11.3. The van der Waals surface area contributed by atoms with Crippen LogP contribution in [0.1, 0.15) is 59.1 Å². The Balaban J connectivity index is 1.43. The Kier molecular flexibility index (Phi) is 5.09. The van der Waals surface area contributed by atoms with Crippen molar-refractivity contribution in [2.24, 2.45) is 0 Å². The maximum absolute atomic E-state index is 12.6. The molecule has 0 radical (unpaired) electrons. The van der Waals surface area contributed by atoms with E-state index in [4.69, 9.17) is 4.42 Å². The van der Waals surface area contributed by atoms with Gasteiger partial charge in [-0.25, -0.2) is 0 Å². The molecule has 0 aromatic carbocycles. The van der Waals surface area contributed by atoms with Crippen molar-refractivity contribution in [3.8, 4) is 0 Å². The molecule has 1 aliphatic heterocycles. The van der Waals surface area contributed by atoms with Crippen molar-refractivity contribution in [1.29, 1.82) is 0 Å². The lowest BCUT2D eigenvalue weighted by Gasteiger charge is -2.22. The van der Waals surface area contributed by atoms with Crippen molar-refractivity contribution < 1.29 is 9.21 Å². The Hall–Kier alpha value is -2.45. The Morgan fingerprint density at radius 2 is 2.30 bits per heavy atom. The second-order valence-electron chi connectivity index (χ2n) is 7.01. The number of hydrogen-bond acceptors (Lipinski definition) is 6. The van der Waals surface area contributed by atoms with Gasteiger partial charge in [-0.3, -0.25) is 9.69 Å². The number of nitrogens with one attached hydrogen (secondary N) is 1. The van der Waals surface area contributed by atoms with Crippen LogP contribution in [0.15, 0.2) is 41.1 Å². The number of amides is 1. The van der Waals surface area contributed by atoms with Gasteiger partial charge in [-0.15, -0.1) is 16.4 Å². The van der Waals surface area contributed by atoms with Crippen LogP contribution in [0.3, 0.4) is 0 Å². The van der Waals surface area contributed by atoms with Gasteiger partial charge in [0.05, 0.1) is 29.9 Å². The Morgan fingerprint density at radius 1 is 1.41 bits per heavy atom. The molecule has 1 saturated heterocycles. The molecule has 4 rings (SSSR count). The molecule has 1 atom stereocenters.